The fraction of sp³-hybridized carbons (Fsp3) is 0.250. The third-order valence-corrected chi connectivity index (χ3v) is 5.20. The number of anilines is 2. The molecule has 0 bridgehead atoms. The van der Waals surface area contributed by atoms with Crippen molar-refractivity contribution in [2.24, 2.45) is 7.05 Å². The second kappa shape index (κ2) is 8.79. The summed E-state index contributed by atoms with van der Waals surface area (Å²) in [6, 6.07) is 15.3. The molecule has 0 saturated carbocycles. The minimum Gasteiger partial charge on any atom is -0.496 e. The zero-order valence-electron chi connectivity index (χ0n) is 16.3. The highest BCUT2D eigenvalue weighted by Gasteiger charge is 2.15. The Morgan fingerprint density at radius 3 is 2.54 bits per heavy atom. The Balaban J connectivity index is 1.63. The summed E-state index contributed by atoms with van der Waals surface area (Å²) in [6.07, 6.45) is 0. The minimum atomic E-state index is -0.0931. The van der Waals surface area contributed by atoms with Gasteiger partial charge in [0.25, 0.3) is 0 Å². The molecule has 1 aromatic heterocycles. The number of ether oxygens (including phenoxy) is 1. The number of benzene rings is 2. The van der Waals surface area contributed by atoms with Gasteiger partial charge >= 0.3 is 0 Å². The smallest absolute Gasteiger partial charge is 0.234 e. The van der Waals surface area contributed by atoms with E-state index in [0.717, 1.165) is 22.7 Å². The molecule has 146 valence electrons. The predicted molar refractivity (Wildman–Crippen MR) is 113 cm³/mol. The van der Waals surface area contributed by atoms with Gasteiger partial charge in [-0.2, -0.15) is 0 Å². The monoisotopic (exact) mass is 397 g/mol. The highest BCUT2D eigenvalue weighted by atomic mass is 32.2. The molecule has 0 saturated heterocycles. The summed E-state index contributed by atoms with van der Waals surface area (Å²) in [5.74, 6) is 1.57. The maximum atomic E-state index is 12.3. The normalized spacial score (nSPS) is 10.6. The molecular formula is C20H23N5O2S. The van der Waals surface area contributed by atoms with Crippen molar-refractivity contribution in [1.29, 1.82) is 0 Å². The molecule has 0 atom stereocenters. The summed E-state index contributed by atoms with van der Waals surface area (Å²) in [4.78, 5) is 14.3. The first-order valence-electron chi connectivity index (χ1n) is 8.72. The van der Waals surface area contributed by atoms with E-state index in [9.17, 15) is 4.79 Å². The van der Waals surface area contributed by atoms with Crippen molar-refractivity contribution < 1.29 is 9.53 Å². The summed E-state index contributed by atoms with van der Waals surface area (Å²) in [5.41, 5.74) is 2.71. The van der Waals surface area contributed by atoms with E-state index in [0.29, 0.717) is 11.0 Å². The molecule has 2 aromatic carbocycles. The molecule has 3 rings (SSSR count). The highest BCUT2D eigenvalue weighted by Crippen LogP contribution is 2.30. The van der Waals surface area contributed by atoms with Crippen LogP contribution in [0.1, 0.15) is 0 Å². The third-order valence-electron chi connectivity index (χ3n) is 4.18. The van der Waals surface area contributed by atoms with E-state index in [1.165, 1.54) is 11.8 Å². The standard InChI is InChI=1S/C20H23N5O2S/c1-24(2)15-11-9-14(10-12-15)21-18(26)13-28-20-23-22-19(25(20)3)16-7-5-6-8-17(16)27-4/h5-12H,13H2,1-4H3,(H,21,26). The van der Waals surface area contributed by atoms with Crippen molar-refractivity contribution in [1.82, 2.24) is 14.8 Å². The molecule has 1 amide bonds. The van der Waals surface area contributed by atoms with E-state index in [2.05, 4.69) is 15.5 Å². The number of nitrogens with one attached hydrogen (secondary N) is 1. The van der Waals surface area contributed by atoms with E-state index in [1.54, 1.807) is 7.11 Å². The van der Waals surface area contributed by atoms with Crippen molar-refractivity contribution in [2.75, 3.05) is 37.2 Å². The maximum absolute atomic E-state index is 12.3. The number of nitrogens with zero attached hydrogens (tertiary/aromatic N) is 4. The predicted octanol–water partition coefficient (Wildman–Crippen LogP) is 3.29. The van der Waals surface area contributed by atoms with Crippen LogP contribution in [0, 0.1) is 0 Å². The van der Waals surface area contributed by atoms with Crippen LogP contribution in [0.5, 0.6) is 5.75 Å². The molecule has 0 unspecified atom stereocenters. The van der Waals surface area contributed by atoms with Crippen LogP contribution in [0.15, 0.2) is 53.7 Å². The Labute approximate surface area is 168 Å². The van der Waals surface area contributed by atoms with Gasteiger partial charge in [-0.3, -0.25) is 4.79 Å². The number of aromatic nitrogens is 3. The lowest BCUT2D eigenvalue weighted by Crippen LogP contribution is -2.15. The largest absolute Gasteiger partial charge is 0.496 e. The van der Waals surface area contributed by atoms with Crippen molar-refractivity contribution in [3.05, 3.63) is 48.5 Å². The molecule has 7 nitrogen and oxygen atoms in total. The summed E-state index contributed by atoms with van der Waals surface area (Å²) in [6.45, 7) is 0. The number of amides is 1. The van der Waals surface area contributed by atoms with Crippen molar-refractivity contribution in [3.63, 3.8) is 0 Å². The van der Waals surface area contributed by atoms with Crippen molar-refractivity contribution >= 4 is 29.0 Å². The Morgan fingerprint density at radius 2 is 1.86 bits per heavy atom. The molecule has 3 aromatic rings. The van der Waals surface area contributed by atoms with Crippen LogP contribution in [-0.2, 0) is 11.8 Å². The SMILES string of the molecule is COc1ccccc1-c1nnc(SCC(=O)Nc2ccc(N(C)C)cc2)n1C. The van der Waals surface area contributed by atoms with Crippen LogP contribution in [0.25, 0.3) is 11.4 Å². The molecule has 0 aliphatic heterocycles. The van der Waals surface area contributed by atoms with Gasteiger partial charge in [-0.05, 0) is 36.4 Å². The van der Waals surface area contributed by atoms with Gasteiger partial charge in [0.05, 0.1) is 18.4 Å². The molecule has 0 radical (unpaired) electrons. The average Bonchev–Trinajstić information content (AvgIpc) is 3.07. The molecule has 0 aliphatic carbocycles. The Hall–Kier alpha value is -3.00. The first-order valence-corrected chi connectivity index (χ1v) is 9.71. The second-order valence-electron chi connectivity index (χ2n) is 6.34. The number of hydrogen-bond donors (Lipinski definition) is 1. The molecule has 0 spiro atoms. The van der Waals surface area contributed by atoms with Crippen LogP contribution in [-0.4, -0.2) is 47.6 Å². The Morgan fingerprint density at radius 1 is 1.14 bits per heavy atom. The van der Waals surface area contributed by atoms with Crippen molar-refractivity contribution in [3.8, 4) is 17.1 Å². The fourth-order valence-electron chi connectivity index (χ4n) is 2.67. The van der Waals surface area contributed by atoms with Gasteiger partial charge in [0.1, 0.15) is 5.75 Å². The van der Waals surface area contributed by atoms with Gasteiger partial charge in [0.2, 0.25) is 5.91 Å². The molecule has 0 aliphatic rings. The van der Waals surface area contributed by atoms with E-state index >= 15 is 0 Å². The molecular weight excluding hydrogens is 374 g/mol. The van der Waals surface area contributed by atoms with Gasteiger partial charge in [0.15, 0.2) is 11.0 Å². The molecule has 0 fully saturated rings. The number of methoxy groups -OCH3 is 1. The number of hydrogen-bond acceptors (Lipinski definition) is 6. The van der Waals surface area contributed by atoms with Crippen LogP contribution in [0.2, 0.25) is 0 Å². The van der Waals surface area contributed by atoms with E-state index in [-0.39, 0.29) is 11.7 Å². The van der Waals surface area contributed by atoms with Crippen LogP contribution >= 0.6 is 11.8 Å². The zero-order valence-corrected chi connectivity index (χ0v) is 17.2. The second-order valence-corrected chi connectivity index (χ2v) is 7.29. The van der Waals surface area contributed by atoms with Gasteiger partial charge < -0.3 is 19.5 Å². The molecule has 1 heterocycles. The number of carbonyl (C=O) groups excluding carboxylic acids is 1. The molecule has 28 heavy (non-hydrogen) atoms. The van der Waals surface area contributed by atoms with E-state index < -0.39 is 0 Å². The Bertz CT molecular complexity index is 953. The van der Waals surface area contributed by atoms with Crippen LogP contribution in [0.3, 0.4) is 0 Å². The summed E-state index contributed by atoms with van der Waals surface area (Å²) in [7, 11) is 7.46. The summed E-state index contributed by atoms with van der Waals surface area (Å²) < 4.78 is 7.26. The Kier molecular flexibility index (Phi) is 6.20. The number of para-hydroxylation sites is 1. The molecule has 8 heteroatoms. The highest BCUT2D eigenvalue weighted by molar-refractivity contribution is 7.99. The average molecular weight is 398 g/mol. The fourth-order valence-corrected chi connectivity index (χ4v) is 3.39. The topological polar surface area (TPSA) is 72.3 Å². The molecule has 1 N–H and O–H groups in total. The first-order chi connectivity index (χ1) is 13.5. The van der Waals surface area contributed by atoms with Crippen molar-refractivity contribution in [2.45, 2.75) is 5.16 Å². The van der Waals surface area contributed by atoms with Gasteiger partial charge in [-0.15, -0.1) is 10.2 Å². The number of thioether (sulfide) groups is 1. The zero-order chi connectivity index (χ0) is 20.1. The van der Waals surface area contributed by atoms with Crippen LogP contribution < -0.4 is 15.0 Å². The third kappa shape index (κ3) is 4.45. The summed E-state index contributed by atoms with van der Waals surface area (Å²) in [5, 5.41) is 12.0. The maximum Gasteiger partial charge on any atom is 0.234 e. The summed E-state index contributed by atoms with van der Waals surface area (Å²) >= 11 is 1.34. The number of rotatable bonds is 7. The van der Waals surface area contributed by atoms with E-state index in [4.69, 9.17) is 4.74 Å². The van der Waals surface area contributed by atoms with Gasteiger partial charge in [-0.1, -0.05) is 23.9 Å². The van der Waals surface area contributed by atoms with Gasteiger partial charge in [-0.25, -0.2) is 0 Å². The lowest BCUT2D eigenvalue weighted by Gasteiger charge is -2.13. The van der Waals surface area contributed by atoms with Gasteiger partial charge in [0, 0.05) is 32.5 Å². The quantitative estimate of drug-likeness (QED) is 0.617. The van der Waals surface area contributed by atoms with Crippen LogP contribution in [0.4, 0.5) is 11.4 Å². The first kappa shape index (κ1) is 19.8. The van der Waals surface area contributed by atoms with E-state index in [1.807, 2.05) is 79.1 Å². The lowest BCUT2D eigenvalue weighted by molar-refractivity contribution is -0.113. The lowest BCUT2D eigenvalue weighted by atomic mass is 10.2. The minimum absolute atomic E-state index is 0.0931. The number of carbonyl (C=O) groups is 1.